The van der Waals surface area contributed by atoms with Gasteiger partial charge in [-0.25, -0.2) is 0 Å². The summed E-state index contributed by atoms with van der Waals surface area (Å²) < 4.78 is 0.927. The molecule has 0 atom stereocenters. The predicted molar refractivity (Wildman–Crippen MR) is 73.9 cm³/mol. The SMILES string of the molecule is O=C(NCc1cn[nH]c1)c1ccc(I)c(Cl)c1. The Balaban J connectivity index is 2.02. The smallest absolute Gasteiger partial charge is 0.251 e. The molecule has 2 N–H and O–H groups in total. The van der Waals surface area contributed by atoms with E-state index in [0.717, 1.165) is 9.13 Å². The number of aromatic nitrogens is 2. The number of aromatic amines is 1. The van der Waals surface area contributed by atoms with Gasteiger partial charge in [-0.05, 0) is 40.8 Å². The molecule has 17 heavy (non-hydrogen) atoms. The van der Waals surface area contributed by atoms with Gasteiger partial charge in [0.25, 0.3) is 5.91 Å². The molecule has 0 radical (unpaired) electrons. The number of rotatable bonds is 3. The summed E-state index contributed by atoms with van der Waals surface area (Å²) in [6.45, 7) is 0.443. The zero-order chi connectivity index (χ0) is 12.3. The van der Waals surface area contributed by atoms with Crippen LogP contribution in [0.5, 0.6) is 0 Å². The van der Waals surface area contributed by atoms with Crippen LogP contribution >= 0.6 is 34.2 Å². The van der Waals surface area contributed by atoms with Gasteiger partial charge in [0.1, 0.15) is 0 Å². The summed E-state index contributed by atoms with van der Waals surface area (Å²) in [7, 11) is 0. The van der Waals surface area contributed by atoms with E-state index in [4.69, 9.17) is 11.6 Å². The minimum atomic E-state index is -0.149. The second-order valence-corrected chi connectivity index (χ2v) is 4.99. The fourth-order valence-electron chi connectivity index (χ4n) is 1.30. The molecule has 4 nitrogen and oxygen atoms in total. The van der Waals surface area contributed by atoms with E-state index in [1.54, 1.807) is 24.5 Å². The van der Waals surface area contributed by atoms with E-state index in [1.165, 1.54) is 0 Å². The topological polar surface area (TPSA) is 57.8 Å². The maximum Gasteiger partial charge on any atom is 0.251 e. The number of carbonyl (C=O) groups excluding carboxylic acids is 1. The van der Waals surface area contributed by atoms with Gasteiger partial charge in [0.05, 0.1) is 11.2 Å². The Bertz CT molecular complexity index is 528. The van der Waals surface area contributed by atoms with Crippen molar-refractivity contribution in [1.29, 1.82) is 0 Å². The summed E-state index contributed by atoms with van der Waals surface area (Å²) in [5, 5.41) is 9.86. The van der Waals surface area contributed by atoms with Crippen LogP contribution in [0.4, 0.5) is 0 Å². The Kier molecular flexibility index (Phi) is 4.01. The second kappa shape index (κ2) is 5.50. The Morgan fingerprint density at radius 3 is 3.00 bits per heavy atom. The highest BCUT2D eigenvalue weighted by Crippen LogP contribution is 2.19. The summed E-state index contributed by atoms with van der Waals surface area (Å²) in [5.41, 5.74) is 1.48. The number of hydrogen-bond donors (Lipinski definition) is 2. The van der Waals surface area contributed by atoms with E-state index in [0.29, 0.717) is 17.1 Å². The Morgan fingerprint density at radius 1 is 1.53 bits per heavy atom. The van der Waals surface area contributed by atoms with Crippen molar-refractivity contribution < 1.29 is 4.79 Å². The normalized spacial score (nSPS) is 10.2. The van der Waals surface area contributed by atoms with Crippen LogP contribution < -0.4 is 5.32 Å². The van der Waals surface area contributed by atoms with E-state index in [2.05, 4.69) is 38.1 Å². The first-order valence-electron chi connectivity index (χ1n) is 4.88. The lowest BCUT2D eigenvalue weighted by atomic mass is 10.2. The van der Waals surface area contributed by atoms with Crippen LogP contribution in [0, 0.1) is 3.57 Å². The number of nitrogens with zero attached hydrogens (tertiary/aromatic N) is 1. The number of hydrogen-bond acceptors (Lipinski definition) is 2. The molecule has 0 saturated carbocycles. The van der Waals surface area contributed by atoms with Crippen LogP contribution in [0.3, 0.4) is 0 Å². The van der Waals surface area contributed by atoms with E-state index in [9.17, 15) is 4.79 Å². The number of nitrogens with one attached hydrogen (secondary N) is 2. The van der Waals surface area contributed by atoms with E-state index in [1.807, 2.05) is 6.07 Å². The zero-order valence-electron chi connectivity index (χ0n) is 8.71. The molecule has 0 spiro atoms. The zero-order valence-corrected chi connectivity index (χ0v) is 11.6. The molecule has 0 bridgehead atoms. The van der Waals surface area contributed by atoms with Crippen LogP contribution in [0.15, 0.2) is 30.6 Å². The van der Waals surface area contributed by atoms with Gasteiger partial charge in [-0.15, -0.1) is 0 Å². The van der Waals surface area contributed by atoms with Crippen molar-refractivity contribution in [3.05, 3.63) is 50.3 Å². The molecule has 1 amide bonds. The van der Waals surface area contributed by atoms with Crippen molar-refractivity contribution in [3.8, 4) is 0 Å². The molecule has 88 valence electrons. The van der Waals surface area contributed by atoms with Crippen molar-refractivity contribution >= 4 is 40.1 Å². The first-order chi connectivity index (χ1) is 8.16. The Labute approximate surface area is 117 Å². The quantitative estimate of drug-likeness (QED) is 0.826. The maximum absolute atomic E-state index is 11.8. The summed E-state index contributed by atoms with van der Waals surface area (Å²) >= 11 is 8.07. The van der Waals surface area contributed by atoms with Gasteiger partial charge in [0, 0.05) is 27.4 Å². The van der Waals surface area contributed by atoms with Gasteiger partial charge in [-0.1, -0.05) is 11.6 Å². The average Bonchev–Trinajstić information content (AvgIpc) is 2.82. The number of carbonyl (C=O) groups is 1. The van der Waals surface area contributed by atoms with Crippen molar-refractivity contribution in [2.24, 2.45) is 0 Å². The molecule has 0 fully saturated rings. The summed E-state index contributed by atoms with van der Waals surface area (Å²) in [6.07, 6.45) is 3.41. The highest BCUT2D eigenvalue weighted by Gasteiger charge is 2.07. The molecule has 0 aliphatic rings. The Hall–Kier alpha value is -1.08. The van der Waals surface area contributed by atoms with Crippen LogP contribution in [0.2, 0.25) is 5.02 Å². The lowest BCUT2D eigenvalue weighted by molar-refractivity contribution is 0.0951. The summed E-state index contributed by atoms with van der Waals surface area (Å²) in [5.74, 6) is -0.149. The van der Waals surface area contributed by atoms with Gasteiger partial charge >= 0.3 is 0 Å². The van der Waals surface area contributed by atoms with Gasteiger partial charge < -0.3 is 5.32 Å². The van der Waals surface area contributed by atoms with E-state index < -0.39 is 0 Å². The van der Waals surface area contributed by atoms with Crippen LogP contribution in [0.1, 0.15) is 15.9 Å². The molecule has 0 saturated heterocycles. The minimum absolute atomic E-state index is 0.149. The fourth-order valence-corrected chi connectivity index (χ4v) is 1.81. The molecule has 0 unspecified atom stereocenters. The van der Waals surface area contributed by atoms with Crippen LogP contribution in [-0.2, 0) is 6.54 Å². The lowest BCUT2D eigenvalue weighted by Crippen LogP contribution is -2.22. The monoisotopic (exact) mass is 361 g/mol. The number of halogens is 2. The molecule has 2 aromatic rings. The molecule has 6 heteroatoms. The van der Waals surface area contributed by atoms with E-state index in [-0.39, 0.29) is 5.91 Å². The van der Waals surface area contributed by atoms with E-state index >= 15 is 0 Å². The second-order valence-electron chi connectivity index (χ2n) is 3.42. The minimum Gasteiger partial charge on any atom is -0.348 e. The number of amides is 1. The van der Waals surface area contributed by atoms with Crippen LogP contribution in [0.25, 0.3) is 0 Å². The third-order valence-electron chi connectivity index (χ3n) is 2.19. The number of benzene rings is 1. The van der Waals surface area contributed by atoms with Gasteiger partial charge in [-0.2, -0.15) is 5.10 Å². The molecular weight excluding hydrogens is 352 g/mol. The van der Waals surface area contributed by atoms with Crippen LogP contribution in [-0.4, -0.2) is 16.1 Å². The molecule has 2 rings (SSSR count). The standard InChI is InChI=1S/C11H9ClIN3O/c12-9-3-8(1-2-10(9)13)11(17)14-4-7-5-15-16-6-7/h1-3,5-6H,4H2,(H,14,17)(H,15,16). The highest BCUT2D eigenvalue weighted by atomic mass is 127. The molecule has 1 heterocycles. The maximum atomic E-state index is 11.8. The molecule has 1 aromatic heterocycles. The summed E-state index contributed by atoms with van der Waals surface area (Å²) in [6, 6.07) is 5.22. The largest absolute Gasteiger partial charge is 0.348 e. The van der Waals surface area contributed by atoms with Gasteiger partial charge in [0.2, 0.25) is 0 Å². The van der Waals surface area contributed by atoms with Crippen molar-refractivity contribution in [3.63, 3.8) is 0 Å². The van der Waals surface area contributed by atoms with Gasteiger partial charge in [-0.3, -0.25) is 9.89 Å². The molecular formula is C11H9ClIN3O. The molecule has 0 aliphatic carbocycles. The number of H-pyrrole nitrogens is 1. The van der Waals surface area contributed by atoms with Crippen molar-refractivity contribution in [2.45, 2.75) is 6.54 Å². The average molecular weight is 362 g/mol. The first kappa shape index (κ1) is 12.4. The van der Waals surface area contributed by atoms with Crippen molar-refractivity contribution in [1.82, 2.24) is 15.5 Å². The molecule has 1 aromatic carbocycles. The Morgan fingerprint density at radius 2 is 2.35 bits per heavy atom. The third kappa shape index (κ3) is 3.19. The van der Waals surface area contributed by atoms with Gasteiger partial charge in [0.15, 0.2) is 0 Å². The third-order valence-corrected chi connectivity index (χ3v) is 3.76. The van der Waals surface area contributed by atoms with Crippen molar-refractivity contribution in [2.75, 3.05) is 0 Å². The molecule has 0 aliphatic heterocycles. The highest BCUT2D eigenvalue weighted by molar-refractivity contribution is 14.1. The first-order valence-corrected chi connectivity index (χ1v) is 6.33. The summed E-state index contributed by atoms with van der Waals surface area (Å²) in [4.78, 5) is 11.8. The lowest BCUT2D eigenvalue weighted by Gasteiger charge is -2.04. The predicted octanol–water partition coefficient (Wildman–Crippen LogP) is 2.60. The fraction of sp³-hybridized carbons (Fsp3) is 0.0909.